The van der Waals surface area contributed by atoms with Crippen molar-refractivity contribution in [2.75, 3.05) is 0 Å². The van der Waals surface area contributed by atoms with Crippen LogP contribution in [-0.2, 0) is 0 Å². The molecule has 0 radical (unpaired) electrons. The Morgan fingerprint density at radius 3 is 2.50 bits per heavy atom. The molecule has 0 saturated carbocycles. The first-order valence-corrected chi connectivity index (χ1v) is 6.24. The van der Waals surface area contributed by atoms with Gasteiger partial charge in [0.2, 0.25) is 0 Å². The average Bonchev–Trinajstić information content (AvgIpc) is 2.58. The zero-order valence-corrected chi connectivity index (χ0v) is 9.67. The van der Waals surface area contributed by atoms with E-state index in [4.69, 9.17) is 0 Å². The predicted molar refractivity (Wildman–Crippen MR) is 63.1 cm³/mol. The highest BCUT2D eigenvalue weighted by atomic mass is 19.1. The van der Waals surface area contributed by atoms with E-state index in [1.807, 2.05) is 19.1 Å². The van der Waals surface area contributed by atoms with Gasteiger partial charge in [-0.25, -0.2) is 4.39 Å². The summed E-state index contributed by atoms with van der Waals surface area (Å²) in [5.41, 5.74) is 1.95. The fraction of sp³-hybridized carbons (Fsp3) is 0.571. The van der Waals surface area contributed by atoms with Crippen LogP contribution in [0.1, 0.15) is 42.7 Å². The van der Waals surface area contributed by atoms with E-state index in [-0.39, 0.29) is 5.82 Å². The number of fused-ring (bicyclic) bond motifs is 2. The maximum absolute atomic E-state index is 13.9. The first-order valence-electron chi connectivity index (χ1n) is 6.24. The van der Waals surface area contributed by atoms with E-state index in [1.165, 1.54) is 12.8 Å². The van der Waals surface area contributed by atoms with Crippen molar-refractivity contribution in [1.82, 2.24) is 5.32 Å². The number of piperidine rings is 1. The van der Waals surface area contributed by atoms with Crippen molar-refractivity contribution >= 4 is 0 Å². The molecule has 16 heavy (non-hydrogen) atoms. The third-order valence-corrected chi connectivity index (χ3v) is 4.07. The van der Waals surface area contributed by atoms with Crippen molar-refractivity contribution < 1.29 is 4.39 Å². The first-order chi connectivity index (χ1) is 7.72. The van der Waals surface area contributed by atoms with Gasteiger partial charge in [-0.05, 0) is 55.7 Å². The molecule has 1 N–H and O–H groups in total. The summed E-state index contributed by atoms with van der Waals surface area (Å²) >= 11 is 0. The minimum atomic E-state index is -0.00806. The Bertz CT molecular complexity index is 390. The summed E-state index contributed by atoms with van der Waals surface area (Å²) < 4.78 is 13.9. The molecule has 0 spiro atoms. The molecule has 2 saturated heterocycles. The standard InChI is InChI=1S/C14H18FN/c1-9-2-5-13(14(15)6-9)10-7-11-3-4-12(8-10)16-11/h2,5-6,10-12,16H,3-4,7-8H2,1H3/t10?,11-,12+. The Hall–Kier alpha value is -0.890. The number of aryl methyl sites for hydroxylation is 1. The van der Waals surface area contributed by atoms with Gasteiger partial charge in [0.25, 0.3) is 0 Å². The largest absolute Gasteiger partial charge is 0.311 e. The Morgan fingerprint density at radius 2 is 1.88 bits per heavy atom. The zero-order chi connectivity index (χ0) is 11.1. The molecule has 2 bridgehead atoms. The number of hydrogen-bond donors (Lipinski definition) is 1. The molecular formula is C14H18FN. The molecule has 1 unspecified atom stereocenters. The molecule has 0 aromatic heterocycles. The fourth-order valence-corrected chi connectivity index (χ4v) is 3.27. The number of hydrogen-bond acceptors (Lipinski definition) is 1. The monoisotopic (exact) mass is 219 g/mol. The lowest BCUT2D eigenvalue weighted by Crippen LogP contribution is -2.37. The van der Waals surface area contributed by atoms with E-state index >= 15 is 0 Å². The third kappa shape index (κ3) is 1.75. The second-order valence-electron chi connectivity index (χ2n) is 5.33. The quantitative estimate of drug-likeness (QED) is 0.765. The number of benzene rings is 1. The molecule has 1 aromatic rings. The molecule has 2 heterocycles. The summed E-state index contributed by atoms with van der Waals surface area (Å²) in [7, 11) is 0. The van der Waals surface area contributed by atoms with E-state index in [0.717, 1.165) is 24.0 Å². The normalized spacial score (nSPS) is 33.0. The lowest BCUT2D eigenvalue weighted by atomic mass is 9.85. The topological polar surface area (TPSA) is 12.0 Å². The maximum atomic E-state index is 13.9. The van der Waals surface area contributed by atoms with Crippen LogP contribution in [0.3, 0.4) is 0 Å². The zero-order valence-electron chi connectivity index (χ0n) is 9.67. The summed E-state index contributed by atoms with van der Waals surface area (Å²) in [6.07, 6.45) is 4.76. The number of rotatable bonds is 1. The number of nitrogens with one attached hydrogen (secondary N) is 1. The molecular weight excluding hydrogens is 201 g/mol. The molecule has 2 heteroatoms. The summed E-state index contributed by atoms with van der Waals surface area (Å²) in [4.78, 5) is 0. The van der Waals surface area contributed by atoms with Crippen molar-refractivity contribution in [2.24, 2.45) is 0 Å². The highest BCUT2D eigenvalue weighted by molar-refractivity contribution is 5.27. The summed E-state index contributed by atoms with van der Waals surface area (Å²) in [5.74, 6) is 0.422. The van der Waals surface area contributed by atoms with Crippen molar-refractivity contribution in [3.63, 3.8) is 0 Å². The molecule has 2 aliphatic rings. The Labute approximate surface area is 96.1 Å². The molecule has 1 nitrogen and oxygen atoms in total. The van der Waals surface area contributed by atoms with E-state index in [0.29, 0.717) is 18.0 Å². The van der Waals surface area contributed by atoms with Crippen LogP contribution >= 0.6 is 0 Å². The van der Waals surface area contributed by atoms with Gasteiger partial charge < -0.3 is 5.32 Å². The van der Waals surface area contributed by atoms with Crippen LogP contribution in [0.15, 0.2) is 18.2 Å². The van der Waals surface area contributed by atoms with Crippen LogP contribution in [0, 0.1) is 12.7 Å². The molecule has 0 aliphatic carbocycles. The maximum Gasteiger partial charge on any atom is 0.126 e. The molecule has 3 rings (SSSR count). The van der Waals surface area contributed by atoms with Crippen molar-refractivity contribution in [1.29, 1.82) is 0 Å². The SMILES string of the molecule is Cc1ccc(C2C[C@H]3CC[C@@H](C2)N3)c(F)c1. The van der Waals surface area contributed by atoms with Gasteiger partial charge in [0.05, 0.1) is 0 Å². The lowest BCUT2D eigenvalue weighted by molar-refractivity contribution is 0.356. The third-order valence-electron chi connectivity index (χ3n) is 4.07. The molecule has 86 valence electrons. The van der Waals surface area contributed by atoms with Crippen LogP contribution in [0.5, 0.6) is 0 Å². The smallest absolute Gasteiger partial charge is 0.126 e. The molecule has 2 aliphatic heterocycles. The lowest BCUT2D eigenvalue weighted by Gasteiger charge is -2.29. The van der Waals surface area contributed by atoms with Gasteiger partial charge >= 0.3 is 0 Å². The van der Waals surface area contributed by atoms with Crippen molar-refractivity contribution in [3.05, 3.63) is 35.1 Å². The predicted octanol–water partition coefficient (Wildman–Crippen LogP) is 3.13. The van der Waals surface area contributed by atoms with Gasteiger partial charge in [0, 0.05) is 12.1 Å². The van der Waals surface area contributed by atoms with Crippen molar-refractivity contribution in [2.45, 2.75) is 50.6 Å². The summed E-state index contributed by atoms with van der Waals surface area (Å²) in [6.45, 7) is 1.94. The molecule has 1 aromatic carbocycles. The van der Waals surface area contributed by atoms with Gasteiger partial charge in [-0.15, -0.1) is 0 Å². The number of halogens is 1. The minimum Gasteiger partial charge on any atom is -0.311 e. The van der Waals surface area contributed by atoms with Gasteiger partial charge in [-0.1, -0.05) is 12.1 Å². The second kappa shape index (κ2) is 3.85. The van der Waals surface area contributed by atoms with Crippen LogP contribution in [-0.4, -0.2) is 12.1 Å². The van der Waals surface area contributed by atoms with Crippen LogP contribution in [0.2, 0.25) is 0 Å². The molecule has 0 amide bonds. The fourth-order valence-electron chi connectivity index (χ4n) is 3.27. The highest BCUT2D eigenvalue weighted by Gasteiger charge is 2.34. The second-order valence-corrected chi connectivity index (χ2v) is 5.33. The first kappa shape index (κ1) is 10.3. The Balaban J connectivity index is 1.87. The van der Waals surface area contributed by atoms with Crippen LogP contribution < -0.4 is 5.32 Å². The van der Waals surface area contributed by atoms with Crippen LogP contribution in [0.25, 0.3) is 0 Å². The summed E-state index contributed by atoms with van der Waals surface area (Å²) in [6, 6.07) is 6.94. The molecule has 3 atom stereocenters. The van der Waals surface area contributed by atoms with E-state index < -0.39 is 0 Å². The van der Waals surface area contributed by atoms with E-state index in [9.17, 15) is 4.39 Å². The van der Waals surface area contributed by atoms with Crippen molar-refractivity contribution in [3.8, 4) is 0 Å². The molecule has 2 fully saturated rings. The minimum absolute atomic E-state index is 0.00806. The summed E-state index contributed by atoms with van der Waals surface area (Å²) in [5, 5.41) is 3.60. The van der Waals surface area contributed by atoms with Gasteiger partial charge in [0.1, 0.15) is 5.82 Å². The Morgan fingerprint density at radius 1 is 1.19 bits per heavy atom. The van der Waals surface area contributed by atoms with Crippen LogP contribution in [0.4, 0.5) is 4.39 Å². The highest BCUT2D eigenvalue weighted by Crippen LogP contribution is 2.38. The van der Waals surface area contributed by atoms with E-state index in [1.54, 1.807) is 6.07 Å². The van der Waals surface area contributed by atoms with E-state index in [2.05, 4.69) is 5.32 Å². The van der Waals surface area contributed by atoms with Gasteiger partial charge in [-0.3, -0.25) is 0 Å². The van der Waals surface area contributed by atoms with Gasteiger partial charge in [-0.2, -0.15) is 0 Å². The average molecular weight is 219 g/mol. The van der Waals surface area contributed by atoms with Gasteiger partial charge in [0.15, 0.2) is 0 Å². The Kier molecular flexibility index (Phi) is 2.47.